The number of nitrogens with two attached hydrogens (primary N) is 1. The number of likely N-dealkylation sites (N-methyl/N-ethyl adjacent to an activating group) is 1. The van der Waals surface area contributed by atoms with Crippen LogP contribution in [0.1, 0.15) is 18.5 Å². The first-order chi connectivity index (χ1) is 8.51. The molecule has 0 bridgehead atoms. The SMILES string of the molecule is CSCC(C)N(C)C(CN)c1ccc(Cl)cc1F. The average molecular weight is 291 g/mol. The van der Waals surface area contributed by atoms with Crippen LogP contribution in [-0.4, -0.2) is 36.5 Å². The van der Waals surface area contributed by atoms with Gasteiger partial charge in [0.2, 0.25) is 0 Å². The van der Waals surface area contributed by atoms with Gasteiger partial charge >= 0.3 is 0 Å². The van der Waals surface area contributed by atoms with Crippen molar-refractivity contribution in [3.8, 4) is 0 Å². The van der Waals surface area contributed by atoms with Crippen molar-refractivity contribution in [3.63, 3.8) is 0 Å². The Kier molecular flexibility index (Phi) is 6.43. The van der Waals surface area contributed by atoms with Crippen LogP contribution in [0.5, 0.6) is 0 Å². The average Bonchev–Trinajstić information content (AvgIpc) is 2.32. The highest BCUT2D eigenvalue weighted by atomic mass is 35.5. The first-order valence-corrected chi connectivity index (χ1v) is 7.64. The molecule has 1 aromatic rings. The van der Waals surface area contributed by atoms with E-state index >= 15 is 0 Å². The van der Waals surface area contributed by atoms with Gasteiger partial charge in [-0.1, -0.05) is 17.7 Å². The normalized spacial score (nSPS) is 14.8. The van der Waals surface area contributed by atoms with E-state index < -0.39 is 0 Å². The van der Waals surface area contributed by atoms with Crippen LogP contribution >= 0.6 is 23.4 Å². The number of thioether (sulfide) groups is 1. The summed E-state index contributed by atoms with van der Waals surface area (Å²) in [6.45, 7) is 2.50. The third kappa shape index (κ3) is 3.85. The molecule has 0 aliphatic heterocycles. The highest BCUT2D eigenvalue weighted by molar-refractivity contribution is 7.98. The van der Waals surface area contributed by atoms with E-state index in [1.165, 1.54) is 6.07 Å². The molecule has 2 unspecified atom stereocenters. The summed E-state index contributed by atoms with van der Waals surface area (Å²) in [6.07, 6.45) is 2.06. The lowest BCUT2D eigenvalue weighted by Crippen LogP contribution is -2.38. The van der Waals surface area contributed by atoms with Crippen LogP contribution in [0.15, 0.2) is 18.2 Å². The molecular formula is C13H20ClFN2S. The fourth-order valence-corrected chi connectivity index (χ4v) is 2.83. The van der Waals surface area contributed by atoms with Crippen LogP contribution in [-0.2, 0) is 0 Å². The Labute approximate surface area is 118 Å². The van der Waals surface area contributed by atoms with Crippen LogP contribution in [0.2, 0.25) is 5.02 Å². The number of hydrogen-bond donors (Lipinski definition) is 1. The largest absolute Gasteiger partial charge is 0.329 e. The van der Waals surface area contributed by atoms with Gasteiger partial charge in [-0.15, -0.1) is 0 Å². The Morgan fingerprint density at radius 2 is 2.17 bits per heavy atom. The molecule has 2 nitrogen and oxygen atoms in total. The van der Waals surface area contributed by atoms with Gasteiger partial charge in [-0.3, -0.25) is 4.90 Å². The highest BCUT2D eigenvalue weighted by Gasteiger charge is 2.22. The minimum atomic E-state index is -0.291. The summed E-state index contributed by atoms with van der Waals surface area (Å²) in [7, 11) is 1.98. The van der Waals surface area contributed by atoms with Gasteiger partial charge in [0.25, 0.3) is 0 Å². The number of rotatable bonds is 6. The van der Waals surface area contributed by atoms with Crippen LogP contribution in [0.3, 0.4) is 0 Å². The quantitative estimate of drug-likeness (QED) is 0.873. The third-order valence-electron chi connectivity index (χ3n) is 3.14. The molecule has 18 heavy (non-hydrogen) atoms. The van der Waals surface area contributed by atoms with E-state index in [9.17, 15) is 4.39 Å². The summed E-state index contributed by atoms with van der Waals surface area (Å²) in [4.78, 5) is 2.11. The second-order valence-corrected chi connectivity index (χ2v) is 5.73. The minimum absolute atomic E-state index is 0.121. The molecule has 1 aromatic carbocycles. The maximum absolute atomic E-state index is 13.9. The van der Waals surface area contributed by atoms with Gasteiger partial charge in [-0.05, 0) is 32.4 Å². The van der Waals surface area contributed by atoms with Crippen LogP contribution in [0.25, 0.3) is 0 Å². The van der Waals surface area contributed by atoms with E-state index in [4.69, 9.17) is 17.3 Å². The van der Waals surface area contributed by atoms with Crippen molar-refractivity contribution in [1.82, 2.24) is 4.90 Å². The maximum atomic E-state index is 13.9. The second-order valence-electron chi connectivity index (χ2n) is 4.39. The van der Waals surface area contributed by atoms with Gasteiger partial charge in [-0.2, -0.15) is 11.8 Å². The molecule has 0 aliphatic rings. The predicted octanol–water partition coefficient (Wildman–Crippen LogP) is 3.16. The highest BCUT2D eigenvalue weighted by Crippen LogP contribution is 2.26. The molecule has 1 rings (SSSR count). The molecule has 102 valence electrons. The summed E-state index contributed by atoms with van der Waals surface area (Å²) in [5.41, 5.74) is 6.41. The standard InChI is InChI=1S/C13H20ClFN2S/c1-9(8-18-3)17(2)13(7-16)11-5-4-10(14)6-12(11)15/h4-6,9,13H,7-8,16H2,1-3H3. The molecule has 0 radical (unpaired) electrons. The van der Waals surface area contributed by atoms with E-state index in [-0.39, 0.29) is 11.9 Å². The van der Waals surface area contributed by atoms with E-state index in [2.05, 4.69) is 18.1 Å². The minimum Gasteiger partial charge on any atom is -0.329 e. The zero-order valence-corrected chi connectivity index (χ0v) is 12.6. The van der Waals surface area contributed by atoms with Crippen LogP contribution in [0, 0.1) is 5.82 Å². The van der Waals surface area contributed by atoms with E-state index in [0.29, 0.717) is 23.2 Å². The summed E-state index contributed by atoms with van der Waals surface area (Å²) < 4.78 is 13.9. The van der Waals surface area contributed by atoms with Crippen molar-refractivity contribution in [2.24, 2.45) is 5.73 Å². The van der Waals surface area contributed by atoms with Gasteiger partial charge in [0.15, 0.2) is 0 Å². The summed E-state index contributed by atoms with van der Waals surface area (Å²) in [5, 5.41) is 0.409. The molecule has 0 saturated carbocycles. The van der Waals surface area contributed by atoms with Crippen molar-refractivity contribution >= 4 is 23.4 Å². The van der Waals surface area contributed by atoms with E-state index in [1.54, 1.807) is 23.9 Å². The molecular weight excluding hydrogens is 271 g/mol. The lowest BCUT2D eigenvalue weighted by Gasteiger charge is -2.32. The van der Waals surface area contributed by atoms with Crippen LogP contribution < -0.4 is 5.73 Å². The Morgan fingerprint density at radius 1 is 1.50 bits per heavy atom. The van der Waals surface area contributed by atoms with E-state index in [0.717, 1.165) is 5.75 Å². The van der Waals surface area contributed by atoms with Gasteiger partial charge in [0.05, 0.1) is 0 Å². The zero-order valence-electron chi connectivity index (χ0n) is 11.0. The fraction of sp³-hybridized carbons (Fsp3) is 0.538. The summed E-state index contributed by atoms with van der Waals surface area (Å²) in [5.74, 6) is 0.698. The summed E-state index contributed by atoms with van der Waals surface area (Å²) >= 11 is 7.54. The third-order valence-corrected chi connectivity index (χ3v) is 4.19. The van der Waals surface area contributed by atoms with Crippen molar-refractivity contribution in [1.29, 1.82) is 0 Å². The summed E-state index contributed by atoms with van der Waals surface area (Å²) in [6, 6.07) is 4.98. The zero-order chi connectivity index (χ0) is 13.7. The first kappa shape index (κ1) is 15.8. The molecule has 0 aromatic heterocycles. The lowest BCUT2D eigenvalue weighted by molar-refractivity contribution is 0.200. The Balaban J connectivity index is 2.94. The fourth-order valence-electron chi connectivity index (χ4n) is 1.95. The first-order valence-electron chi connectivity index (χ1n) is 5.87. The monoisotopic (exact) mass is 290 g/mol. The lowest BCUT2D eigenvalue weighted by atomic mass is 10.0. The molecule has 0 spiro atoms. The molecule has 0 saturated heterocycles. The van der Waals surface area contributed by atoms with Crippen LogP contribution in [0.4, 0.5) is 4.39 Å². The topological polar surface area (TPSA) is 29.3 Å². The smallest absolute Gasteiger partial charge is 0.129 e. The number of benzene rings is 1. The molecule has 0 aliphatic carbocycles. The molecule has 5 heteroatoms. The maximum Gasteiger partial charge on any atom is 0.129 e. The Morgan fingerprint density at radius 3 is 2.67 bits per heavy atom. The molecule has 2 N–H and O–H groups in total. The molecule has 0 heterocycles. The number of halogens is 2. The molecule has 0 fully saturated rings. The second kappa shape index (κ2) is 7.34. The van der Waals surface area contributed by atoms with Crippen molar-refractivity contribution < 1.29 is 4.39 Å². The van der Waals surface area contributed by atoms with Crippen molar-refractivity contribution in [2.75, 3.05) is 25.6 Å². The van der Waals surface area contributed by atoms with Gasteiger partial charge < -0.3 is 5.73 Å². The predicted molar refractivity (Wildman–Crippen MR) is 78.8 cm³/mol. The Hall–Kier alpha value is -0.290. The molecule has 0 amide bonds. The van der Waals surface area contributed by atoms with E-state index in [1.807, 2.05) is 7.05 Å². The van der Waals surface area contributed by atoms with Gasteiger partial charge in [-0.25, -0.2) is 4.39 Å². The molecule has 2 atom stereocenters. The number of hydrogen-bond acceptors (Lipinski definition) is 3. The van der Waals surface area contributed by atoms with Crippen molar-refractivity contribution in [3.05, 3.63) is 34.6 Å². The number of nitrogens with zero attached hydrogens (tertiary/aromatic N) is 1. The van der Waals surface area contributed by atoms with Gasteiger partial charge in [0, 0.05) is 35.0 Å². The Bertz CT molecular complexity index is 389. The van der Waals surface area contributed by atoms with Crippen molar-refractivity contribution in [2.45, 2.75) is 19.0 Å². The van der Waals surface area contributed by atoms with Gasteiger partial charge in [0.1, 0.15) is 5.82 Å².